The van der Waals surface area contributed by atoms with E-state index < -0.39 is 12.1 Å². The van der Waals surface area contributed by atoms with Crippen molar-refractivity contribution in [3.63, 3.8) is 0 Å². The van der Waals surface area contributed by atoms with Crippen LogP contribution in [0, 0.1) is 0 Å². The molecular weight excluding hydrogens is 212 g/mol. The second-order valence-corrected chi connectivity index (χ2v) is 3.79. The Morgan fingerprint density at radius 2 is 2.31 bits per heavy atom. The average molecular weight is 230 g/mol. The summed E-state index contributed by atoms with van der Waals surface area (Å²) in [5, 5.41) is 14.8. The number of hydrogen-bond acceptors (Lipinski definition) is 5. The maximum absolute atomic E-state index is 11.6. The van der Waals surface area contributed by atoms with Crippen LogP contribution in [-0.4, -0.2) is 49.3 Å². The van der Waals surface area contributed by atoms with Gasteiger partial charge in [0, 0.05) is 0 Å². The number of carbonyl (C=O) groups is 2. The Balaban J connectivity index is 2.26. The molecule has 1 fully saturated rings. The summed E-state index contributed by atoms with van der Waals surface area (Å²) < 4.78 is 4.33. The fraction of sp³-hybridized carbons (Fsp3) is 0.800. The predicted octanol–water partition coefficient (Wildman–Crippen LogP) is -1.22. The summed E-state index contributed by atoms with van der Waals surface area (Å²) in [6.07, 6.45) is 1.59. The molecule has 1 aliphatic heterocycles. The van der Waals surface area contributed by atoms with Crippen molar-refractivity contribution in [1.29, 1.82) is 0 Å². The molecule has 16 heavy (non-hydrogen) atoms. The van der Waals surface area contributed by atoms with E-state index in [9.17, 15) is 14.7 Å². The van der Waals surface area contributed by atoms with Crippen LogP contribution in [0.2, 0.25) is 0 Å². The Kier molecular flexibility index (Phi) is 5.21. The summed E-state index contributed by atoms with van der Waals surface area (Å²) in [7, 11) is 1.19. The molecule has 0 aromatic heterocycles. The van der Waals surface area contributed by atoms with Crippen LogP contribution in [0.1, 0.15) is 19.3 Å². The van der Waals surface area contributed by atoms with Crippen molar-refractivity contribution in [1.82, 2.24) is 10.6 Å². The zero-order valence-corrected chi connectivity index (χ0v) is 9.36. The lowest BCUT2D eigenvalue weighted by Crippen LogP contribution is -2.49. The molecule has 6 nitrogen and oxygen atoms in total. The van der Waals surface area contributed by atoms with Crippen molar-refractivity contribution < 1.29 is 19.4 Å². The maximum Gasteiger partial charge on any atom is 0.336 e. The smallest absolute Gasteiger partial charge is 0.336 e. The predicted molar refractivity (Wildman–Crippen MR) is 56.7 cm³/mol. The van der Waals surface area contributed by atoms with E-state index in [1.807, 2.05) is 0 Å². The first-order valence-corrected chi connectivity index (χ1v) is 5.42. The lowest BCUT2D eigenvalue weighted by molar-refractivity contribution is -0.150. The van der Waals surface area contributed by atoms with E-state index in [1.165, 1.54) is 7.11 Å². The molecule has 0 saturated carbocycles. The van der Waals surface area contributed by atoms with Crippen LogP contribution in [0.15, 0.2) is 0 Å². The monoisotopic (exact) mass is 230 g/mol. The Morgan fingerprint density at radius 1 is 1.56 bits per heavy atom. The van der Waals surface area contributed by atoms with E-state index in [1.54, 1.807) is 0 Å². The van der Waals surface area contributed by atoms with Gasteiger partial charge in [-0.15, -0.1) is 0 Å². The quantitative estimate of drug-likeness (QED) is 0.527. The molecule has 1 aliphatic rings. The molecule has 6 heteroatoms. The van der Waals surface area contributed by atoms with Crippen molar-refractivity contribution in [3.8, 4) is 0 Å². The van der Waals surface area contributed by atoms with Gasteiger partial charge in [-0.25, -0.2) is 4.79 Å². The fourth-order valence-electron chi connectivity index (χ4n) is 1.62. The van der Waals surface area contributed by atoms with Crippen LogP contribution >= 0.6 is 0 Å². The van der Waals surface area contributed by atoms with Crippen molar-refractivity contribution in [2.24, 2.45) is 0 Å². The van der Waals surface area contributed by atoms with Crippen LogP contribution in [0.4, 0.5) is 0 Å². The maximum atomic E-state index is 11.6. The summed E-state index contributed by atoms with van der Waals surface area (Å²) in [5.41, 5.74) is 0. The number of ether oxygens (including phenoxy) is 1. The van der Waals surface area contributed by atoms with Crippen LogP contribution in [0.25, 0.3) is 0 Å². The first-order valence-electron chi connectivity index (χ1n) is 5.42. The standard InChI is InChI=1S/C10H18N2O4/c1-16-10(15)8(13)6-12-9(14)7-4-2-3-5-11-7/h7-8,11,13H,2-6H2,1H3,(H,12,14)/t7-,8?/m1/s1. The molecule has 0 aromatic rings. The van der Waals surface area contributed by atoms with Gasteiger partial charge >= 0.3 is 5.97 Å². The summed E-state index contributed by atoms with van der Waals surface area (Å²) in [6.45, 7) is 0.724. The fourth-order valence-corrected chi connectivity index (χ4v) is 1.62. The van der Waals surface area contributed by atoms with Gasteiger partial charge in [0.2, 0.25) is 5.91 Å². The number of rotatable bonds is 4. The minimum Gasteiger partial charge on any atom is -0.467 e. The van der Waals surface area contributed by atoms with E-state index in [0.29, 0.717) is 0 Å². The third kappa shape index (κ3) is 3.79. The number of esters is 1. The lowest BCUT2D eigenvalue weighted by atomic mass is 10.0. The van der Waals surface area contributed by atoms with Crippen molar-refractivity contribution in [2.75, 3.05) is 20.2 Å². The number of methoxy groups -OCH3 is 1. The Bertz CT molecular complexity index is 251. The summed E-state index contributed by atoms with van der Waals surface area (Å²) in [5.74, 6) is -0.917. The molecule has 2 atom stereocenters. The number of hydrogen-bond donors (Lipinski definition) is 3. The Morgan fingerprint density at radius 3 is 2.88 bits per heavy atom. The topological polar surface area (TPSA) is 87.7 Å². The highest BCUT2D eigenvalue weighted by atomic mass is 16.5. The molecule has 0 spiro atoms. The van der Waals surface area contributed by atoms with Gasteiger partial charge in [0.1, 0.15) is 0 Å². The van der Waals surface area contributed by atoms with Gasteiger partial charge in [-0.1, -0.05) is 6.42 Å². The van der Waals surface area contributed by atoms with E-state index in [0.717, 1.165) is 25.8 Å². The van der Waals surface area contributed by atoms with Crippen LogP contribution in [0.3, 0.4) is 0 Å². The third-order valence-corrected chi connectivity index (χ3v) is 2.57. The molecule has 3 N–H and O–H groups in total. The third-order valence-electron chi connectivity index (χ3n) is 2.57. The van der Waals surface area contributed by atoms with Gasteiger partial charge in [0.05, 0.1) is 19.7 Å². The summed E-state index contributed by atoms with van der Waals surface area (Å²) >= 11 is 0. The zero-order chi connectivity index (χ0) is 12.0. The van der Waals surface area contributed by atoms with Gasteiger partial charge in [-0.3, -0.25) is 4.79 Å². The average Bonchev–Trinajstić information content (AvgIpc) is 2.35. The molecule has 0 radical (unpaired) electrons. The van der Waals surface area contributed by atoms with Gasteiger partial charge in [-0.2, -0.15) is 0 Å². The number of nitrogens with one attached hydrogen (secondary N) is 2. The van der Waals surface area contributed by atoms with Gasteiger partial charge in [0.25, 0.3) is 0 Å². The first-order chi connectivity index (χ1) is 7.65. The molecule has 1 heterocycles. The molecule has 0 aliphatic carbocycles. The number of aliphatic hydroxyl groups excluding tert-OH is 1. The normalized spacial score (nSPS) is 22.2. The van der Waals surface area contributed by atoms with Crippen molar-refractivity contribution >= 4 is 11.9 Å². The van der Waals surface area contributed by atoms with Crippen LogP contribution in [-0.2, 0) is 14.3 Å². The van der Waals surface area contributed by atoms with Crippen LogP contribution in [0.5, 0.6) is 0 Å². The van der Waals surface area contributed by atoms with E-state index in [-0.39, 0.29) is 18.5 Å². The minimum atomic E-state index is -1.29. The number of amides is 1. The second-order valence-electron chi connectivity index (χ2n) is 3.79. The summed E-state index contributed by atoms with van der Waals surface area (Å²) in [6, 6.07) is -0.210. The molecule has 1 amide bonds. The SMILES string of the molecule is COC(=O)C(O)CNC(=O)[C@H]1CCCCN1. The highest BCUT2D eigenvalue weighted by Gasteiger charge is 2.22. The number of piperidine rings is 1. The largest absolute Gasteiger partial charge is 0.467 e. The molecule has 92 valence electrons. The van der Waals surface area contributed by atoms with Crippen molar-refractivity contribution in [2.45, 2.75) is 31.4 Å². The number of carbonyl (C=O) groups excluding carboxylic acids is 2. The number of aliphatic hydroxyl groups is 1. The second kappa shape index (κ2) is 6.44. The van der Waals surface area contributed by atoms with E-state index >= 15 is 0 Å². The zero-order valence-electron chi connectivity index (χ0n) is 9.36. The molecule has 1 saturated heterocycles. The molecule has 1 rings (SSSR count). The van der Waals surface area contributed by atoms with E-state index in [2.05, 4.69) is 15.4 Å². The Hall–Kier alpha value is -1.14. The van der Waals surface area contributed by atoms with Gasteiger partial charge < -0.3 is 20.5 Å². The minimum absolute atomic E-state index is 0.107. The molecular formula is C10H18N2O4. The highest BCUT2D eigenvalue weighted by molar-refractivity contribution is 5.83. The first kappa shape index (κ1) is 12.9. The van der Waals surface area contributed by atoms with E-state index in [4.69, 9.17) is 0 Å². The van der Waals surface area contributed by atoms with Crippen LogP contribution < -0.4 is 10.6 Å². The molecule has 0 bridgehead atoms. The highest BCUT2D eigenvalue weighted by Crippen LogP contribution is 2.06. The Labute approximate surface area is 94.3 Å². The summed E-state index contributed by atoms with van der Waals surface area (Å²) in [4.78, 5) is 22.4. The molecule has 1 unspecified atom stereocenters. The molecule has 0 aromatic carbocycles. The van der Waals surface area contributed by atoms with Gasteiger partial charge in [-0.05, 0) is 19.4 Å². The van der Waals surface area contributed by atoms with Crippen molar-refractivity contribution in [3.05, 3.63) is 0 Å². The lowest BCUT2D eigenvalue weighted by Gasteiger charge is -2.22. The van der Waals surface area contributed by atoms with Gasteiger partial charge in [0.15, 0.2) is 6.10 Å².